The van der Waals surface area contributed by atoms with Crippen LogP contribution in [-0.4, -0.2) is 21.1 Å². The van der Waals surface area contributed by atoms with Crippen LogP contribution < -0.4 is 0 Å². The third-order valence-electron chi connectivity index (χ3n) is 0.667. The molecule has 0 aromatic carbocycles. The van der Waals surface area contributed by atoms with E-state index in [1.165, 1.54) is 0 Å². The molecular weight excluding hydrogens is 210 g/mol. The van der Waals surface area contributed by atoms with Gasteiger partial charge in [0.25, 0.3) is 0 Å². The van der Waals surface area contributed by atoms with E-state index in [0.29, 0.717) is 0 Å². The first kappa shape index (κ1) is 11.5. The Morgan fingerprint density at radius 1 is 0.875 bits per heavy atom. The Morgan fingerprint density at radius 3 is 1.12 bits per heavy atom. The molecule has 0 aromatic heterocycles. The van der Waals surface area contributed by atoms with Crippen molar-refractivity contribution >= 4 is 21.1 Å². The Bertz CT molecular complexity index is 37.8. The zero-order valence-electron chi connectivity index (χ0n) is 6.06. The topological polar surface area (TPSA) is 0 Å². The van der Waals surface area contributed by atoms with Crippen LogP contribution in [0, 0.1) is 0 Å². The van der Waals surface area contributed by atoms with E-state index in [4.69, 9.17) is 0 Å². The molecule has 0 bridgehead atoms. The number of hydrogen-bond acceptors (Lipinski definition) is 0. The minimum absolute atomic E-state index is 0. The smallest absolute Gasteiger partial charge is 0.269 e. The molecule has 0 heterocycles. The average Bonchev–Trinajstić information content (AvgIpc) is 1.27. The molecule has 0 aliphatic heterocycles. The minimum Gasteiger partial charge on any atom is -0.269 e. The molecule has 0 fully saturated rings. The molecule has 0 spiro atoms. The average molecular weight is 225 g/mol. The van der Waals surface area contributed by atoms with Crippen molar-refractivity contribution in [3.8, 4) is 0 Å². The molecule has 0 saturated carbocycles. The molecule has 0 saturated heterocycles. The molecule has 0 aliphatic carbocycles. The molecule has 0 unspecified atom stereocenters. The van der Waals surface area contributed by atoms with E-state index in [2.05, 4.69) is 27.7 Å². The van der Waals surface area contributed by atoms with Crippen molar-refractivity contribution in [1.82, 2.24) is 0 Å². The molecule has 0 N–H and O–H groups in total. The van der Waals surface area contributed by atoms with Crippen LogP contribution >= 0.6 is 0 Å². The van der Waals surface area contributed by atoms with Gasteiger partial charge in [-0.1, -0.05) is 0 Å². The maximum Gasteiger partial charge on any atom is -0.269 e. The summed E-state index contributed by atoms with van der Waals surface area (Å²) < 4.78 is 2.09. The first-order valence-corrected chi connectivity index (χ1v) is 6.18. The Labute approximate surface area is 61.6 Å². The summed E-state index contributed by atoms with van der Waals surface area (Å²) in [6, 6.07) is 0. The summed E-state index contributed by atoms with van der Waals surface area (Å²) in [5.41, 5.74) is 0. The van der Waals surface area contributed by atoms with Gasteiger partial charge in [-0.3, -0.25) is 4.70 Å². The van der Waals surface area contributed by atoms with Gasteiger partial charge in [-0.25, -0.2) is 0 Å². The summed E-state index contributed by atoms with van der Waals surface area (Å²) in [6.07, 6.45) is 0. The van der Waals surface area contributed by atoms with Crippen molar-refractivity contribution in [3.05, 3.63) is 0 Å². The SMILES string of the molecule is C[CH](C)[Sn][CH](C)C.F. The van der Waals surface area contributed by atoms with Crippen LogP contribution in [0.4, 0.5) is 4.70 Å². The van der Waals surface area contributed by atoms with Crippen molar-refractivity contribution < 1.29 is 4.70 Å². The Hall–Kier alpha value is 0.729. The third kappa shape index (κ3) is 9.88. The molecule has 0 aromatic rings. The molecule has 2 heteroatoms. The predicted octanol–water partition coefficient (Wildman–Crippen LogP) is 2.50. The molecule has 0 atom stereocenters. The molecule has 2 radical (unpaired) electrons. The van der Waals surface area contributed by atoms with E-state index in [-0.39, 0.29) is 25.8 Å². The van der Waals surface area contributed by atoms with Gasteiger partial charge in [0.05, 0.1) is 0 Å². The van der Waals surface area contributed by atoms with Crippen LogP contribution in [0.25, 0.3) is 0 Å². The summed E-state index contributed by atoms with van der Waals surface area (Å²) in [7, 11) is 0. The Kier molecular flexibility index (Phi) is 8.43. The van der Waals surface area contributed by atoms with E-state index >= 15 is 0 Å². The van der Waals surface area contributed by atoms with E-state index < -0.39 is 0 Å². The second-order valence-corrected chi connectivity index (χ2v) is 10.0. The standard InChI is InChI=1S/2C3H7.FH.Sn/c2*1-3-2;;/h2*3H,1-2H3;1H;. The monoisotopic (exact) mass is 226 g/mol. The quantitative estimate of drug-likeness (QED) is 0.633. The molecule has 0 amide bonds. The predicted molar refractivity (Wildman–Crippen MR) is 38.5 cm³/mol. The Morgan fingerprint density at radius 2 is 1.12 bits per heavy atom. The fourth-order valence-corrected chi connectivity index (χ4v) is 4.47. The summed E-state index contributed by atoms with van der Waals surface area (Å²) in [4.78, 5) is 0. The van der Waals surface area contributed by atoms with Crippen LogP contribution in [0.3, 0.4) is 0 Å². The second kappa shape index (κ2) is 5.86. The normalized spacial score (nSPS) is 9.75. The molecule has 0 aliphatic rings. The minimum atomic E-state index is 0. The van der Waals surface area contributed by atoms with Crippen molar-refractivity contribution in [2.24, 2.45) is 0 Å². The summed E-state index contributed by atoms with van der Waals surface area (Å²) in [5.74, 6) is 0. The fourth-order valence-electron chi connectivity index (χ4n) is 0.667. The maximum absolute atomic E-state index is 2.34. The van der Waals surface area contributed by atoms with Gasteiger partial charge in [-0.2, -0.15) is 0 Å². The van der Waals surface area contributed by atoms with Crippen LogP contribution in [0.1, 0.15) is 27.7 Å². The van der Waals surface area contributed by atoms with E-state index in [9.17, 15) is 0 Å². The van der Waals surface area contributed by atoms with Crippen LogP contribution in [0.15, 0.2) is 0 Å². The summed E-state index contributed by atoms with van der Waals surface area (Å²) in [5, 5.41) is 0. The van der Waals surface area contributed by atoms with Gasteiger partial charge in [0.2, 0.25) is 0 Å². The van der Waals surface area contributed by atoms with Crippen molar-refractivity contribution in [1.29, 1.82) is 0 Å². The van der Waals surface area contributed by atoms with Gasteiger partial charge in [-0.15, -0.1) is 0 Å². The van der Waals surface area contributed by atoms with Crippen molar-refractivity contribution in [2.45, 2.75) is 35.6 Å². The van der Waals surface area contributed by atoms with Crippen LogP contribution in [0.5, 0.6) is 0 Å². The summed E-state index contributed by atoms with van der Waals surface area (Å²) >= 11 is 0.0389. The molecule has 0 rings (SSSR count). The fraction of sp³-hybridized carbons (Fsp3) is 1.00. The largest absolute Gasteiger partial charge is 0.269 e. The van der Waals surface area contributed by atoms with Gasteiger partial charge in [-0.05, 0) is 0 Å². The zero-order chi connectivity index (χ0) is 5.86. The van der Waals surface area contributed by atoms with E-state index in [1.54, 1.807) is 0 Å². The van der Waals surface area contributed by atoms with Gasteiger partial charge < -0.3 is 0 Å². The Balaban J connectivity index is 0. The second-order valence-electron chi connectivity index (χ2n) is 2.48. The van der Waals surface area contributed by atoms with Crippen LogP contribution in [0.2, 0.25) is 7.87 Å². The molecular formula is C6H15FSn. The molecule has 50 valence electrons. The third-order valence-corrected chi connectivity index (χ3v) is 4.47. The van der Waals surface area contributed by atoms with Gasteiger partial charge in [0.1, 0.15) is 0 Å². The first-order valence-electron chi connectivity index (χ1n) is 2.89. The van der Waals surface area contributed by atoms with Crippen LogP contribution in [-0.2, 0) is 0 Å². The molecule has 0 nitrogen and oxygen atoms in total. The number of halogens is 1. The van der Waals surface area contributed by atoms with Gasteiger partial charge in [0, 0.05) is 0 Å². The summed E-state index contributed by atoms with van der Waals surface area (Å²) in [6.45, 7) is 9.36. The van der Waals surface area contributed by atoms with E-state index in [1.807, 2.05) is 0 Å². The van der Waals surface area contributed by atoms with Crippen molar-refractivity contribution in [3.63, 3.8) is 0 Å². The zero-order valence-corrected chi connectivity index (χ0v) is 8.92. The van der Waals surface area contributed by atoms with Gasteiger partial charge >= 0.3 is 56.7 Å². The number of rotatable bonds is 2. The maximum atomic E-state index is 2.34. The molecule has 8 heavy (non-hydrogen) atoms. The first-order chi connectivity index (χ1) is 3.13. The number of hydrogen-bond donors (Lipinski definition) is 0. The van der Waals surface area contributed by atoms with Crippen molar-refractivity contribution in [2.75, 3.05) is 0 Å². The van der Waals surface area contributed by atoms with E-state index in [0.717, 1.165) is 7.87 Å². The van der Waals surface area contributed by atoms with Gasteiger partial charge in [0.15, 0.2) is 0 Å².